The maximum atomic E-state index is 6.42. The lowest BCUT2D eigenvalue weighted by Gasteiger charge is -2.31. The second-order valence-corrected chi connectivity index (χ2v) is 6.87. The average Bonchev–Trinajstić information content (AvgIpc) is 2.89. The van der Waals surface area contributed by atoms with E-state index in [9.17, 15) is 0 Å². The van der Waals surface area contributed by atoms with Gasteiger partial charge in [-0.3, -0.25) is 0 Å². The molecule has 0 aromatic rings. The fourth-order valence-corrected chi connectivity index (χ4v) is 4.11. The van der Waals surface area contributed by atoms with Crippen LogP contribution in [0.3, 0.4) is 0 Å². The molecule has 4 unspecified atom stereocenters. The molecule has 0 radical (unpaired) electrons. The Kier molecular flexibility index (Phi) is 5.71. The Balaban J connectivity index is 1.76. The lowest BCUT2D eigenvalue weighted by Crippen LogP contribution is -2.37. The van der Waals surface area contributed by atoms with Crippen molar-refractivity contribution < 1.29 is 14.2 Å². The maximum Gasteiger partial charge on any atom is 0.179 e. The molecular weight excluding hydrogens is 310 g/mol. The van der Waals surface area contributed by atoms with Crippen molar-refractivity contribution in [2.24, 2.45) is 5.92 Å². The molecule has 0 amide bonds. The predicted molar refractivity (Wildman–Crippen MR) is 92.7 cm³/mol. The highest BCUT2D eigenvalue weighted by atomic mass is 32.2. The highest BCUT2D eigenvalue weighted by molar-refractivity contribution is 8.03. The van der Waals surface area contributed by atoms with Crippen LogP contribution >= 0.6 is 11.8 Å². The van der Waals surface area contributed by atoms with Crippen LogP contribution in [0.15, 0.2) is 35.2 Å². The third kappa shape index (κ3) is 3.95. The molecule has 3 rings (SSSR count). The van der Waals surface area contributed by atoms with E-state index in [0.717, 1.165) is 24.5 Å². The lowest BCUT2D eigenvalue weighted by molar-refractivity contribution is -0.0260. The van der Waals surface area contributed by atoms with Gasteiger partial charge in [0.1, 0.15) is 13.2 Å². The summed E-state index contributed by atoms with van der Waals surface area (Å²) in [6.45, 7) is 4.27. The Hall–Kier alpha value is -1.35. The van der Waals surface area contributed by atoms with Crippen molar-refractivity contribution in [1.29, 1.82) is 0 Å². The number of hydrogen-bond acceptors (Lipinski definition) is 5. The molecule has 0 saturated heterocycles. The van der Waals surface area contributed by atoms with E-state index >= 15 is 0 Å². The Morgan fingerprint density at radius 2 is 2.30 bits per heavy atom. The summed E-state index contributed by atoms with van der Waals surface area (Å²) in [6.07, 6.45) is 6.59. The predicted octanol–water partition coefficient (Wildman–Crippen LogP) is 2.45. The quantitative estimate of drug-likeness (QED) is 0.756. The van der Waals surface area contributed by atoms with Crippen molar-refractivity contribution >= 4 is 11.8 Å². The van der Waals surface area contributed by atoms with Gasteiger partial charge in [-0.15, -0.1) is 11.8 Å². The van der Waals surface area contributed by atoms with Crippen LogP contribution in [0.5, 0.6) is 0 Å². The molecule has 124 valence electrons. The molecule has 3 aliphatic rings. The average molecular weight is 333 g/mol. The van der Waals surface area contributed by atoms with Crippen LogP contribution in [0.4, 0.5) is 0 Å². The number of rotatable bonds is 6. The number of thioether (sulfide) groups is 1. The van der Waals surface area contributed by atoms with Crippen molar-refractivity contribution in [2.45, 2.75) is 30.8 Å². The monoisotopic (exact) mass is 333 g/mol. The van der Waals surface area contributed by atoms with Crippen molar-refractivity contribution in [1.82, 2.24) is 5.32 Å². The summed E-state index contributed by atoms with van der Waals surface area (Å²) in [5.41, 5.74) is 0. The van der Waals surface area contributed by atoms with Gasteiger partial charge in [-0.2, -0.15) is 0 Å². The Morgan fingerprint density at radius 3 is 3.09 bits per heavy atom. The van der Waals surface area contributed by atoms with E-state index in [1.807, 2.05) is 24.9 Å². The maximum absolute atomic E-state index is 6.42. The number of nitrogens with one attached hydrogen (secondary N) is 1. The summed E-state index contributed by atoms with van der Waals surface area (Å²) in [5, 5.41) is 5.81. The van der Waals surface area contributed by atoms with Crippen molar-refractivity contribution in [2.75, 3.05) is 26.8 Å². The van der Waals surface area contributed by atoms with Crippen LogP contribution in [0.2, 0.25) is 0 Å². The fraction of sp³-hybridized carbons (Fsp3) is 0.556. The number of hydrogen-bond donors (Lipinski definition) is 1. The number of allylic oxidation sites excluding steroid dienone is 3. The molecule has 0 aromatic carbocycles. The number of ether oxygens (including phenoxy) is 3. The second kappa shape index (κ2) is 7.96. The summed E-state index contributed by atoms with van der Waals surface area (Å²) in [4.78, 5) is 0. The minimum Gasteiger partial charge on any atom is -0.487 e. The van der Waals surface area contributed by atoms with Gasteiger partial charge in [0.25, 0.3) is 0 Å². The first-order valence-corrected chi connectivity index (χ1v) is 9.03. The topological polar surface area (TPSA) is 39.7 Å². The van der Waals surface area contributed by atoms with Gasteiger partial charge in [-0.05, 0) is 43.5 Å². The van der Waals surface area contributed by atoms with Crippen molar-refractivity contribution in [3.8, 4) is 11.8 Å². The van der Waals surface area contributed by atoms with Gasteiger partial charge >= 0.3 is 0 Å². The van der Waals surface area contributed by atoms with E-state index in [1.54, 1.807) is 6.08 Å². The Morgan fingerprint density at radius 1 is 1.43 bits per heavy atom. The molecule has 5 heteroatoms. The van der Waals surface area contributed by atoms with E-state index in [4.69, 9.17) is 14.2 Å². The summed E-state index contributed by atoms with van der Waals surface area (Å²) in [7, 11) is 1.97. The van der Waals surface area contributed by atoms with E-state index < -0.39 is 0 Å². The summed E-state index contributed by atoms with van der Waals surface area (Å²) >= 11 is 1.85. The van der Waals surface area contributed by atoms with Crippen LogP contribution in [0, 0.1) is 17.8 Å². The SMILES string of the molecule is CNCCC(OC1C#CC=CC2=C1OCCO2)C1SC=CC1C. The van der Waals surface area contributed by atoms with Gasteiger partial charge in [0, 0.05) is 5.25 Å². The van der Waals surface area contributed by atoms with Crippen molar-refractivity contribution in [3.63, 3.8) is 0 Å². The van der Waals surface area contributed by atoms with Gasteiger partial charge in [0.15, 0.2) is 17.6 Å². The third-order valence-corrected chi connectivity index (χ3v) is 5.47. The third-order valence-electron chi connectivity index (χ3n) is 4.10. The summed E-state index contributed by atoms with van der Waals surface area (Å²) in [6, 6.07) is 0. The van der Waals surface area contributed by atoms with Gasteiger partial charge in [-0.1, -0.05) is 24.8 Å². The van der Waals surface area contributed by atoms with E-state index in [1.165, 1.54) is 0 Å². The van der Waals surface area contributed by atoms with Gasteiger partial charge < -0.3 is 19.5 Å². The zero-order valence-corrected chi connectivity index (χ0v) is 14.4. The first-order chi connectivity index (χ1) is 11.3. The molecule has 0 fully saturated rings. The van der Waals surface area contributed by atoms with Gasteiger partial charge in [-0.25, -0.2) is 0 Å². The molecule has 0 saturated carbocycles. The van der Waals surface area contributed by atoms with Gasteiger partial charge in [0.05, 0.1) is 6.10 Å². The van der Waals surface area contributed by atoms with Crippen LogP contribution < -0.4 is 5.32 Å². The van der Waals surface area contributed by atoms with E-state index in [-0.39, 0.29) is 12.2 Å². The fourth-order valence-electron chi connectivity index (χ4n) is 2.87. The van der Waals surface area contributed by atoms with E-state index in [2.05, 4.69) is 35.6 Å². The first-order valence-electron chi connectivity index (χ1n) is 8.09. The molecule has 2 aliphatic heterocycles. The van der Waals surface area contributed by atoms with Crippen LogP contribution in [-0.2, 0) is 14.2 Å². The molecule has 1 aliphatic carbocycles. The summed E-state index contributed by atoms with van der Waals surface area (Å²) in [5.74, 6) is 8.12. The first kappa shape index (κ1) is 16.5. The van der Waals surface area contributed by atoms with Crippen LogP contribution in [-0.4, -0.2) is 44.3 Å². The highest BCUT2D eigenvalue weighted by Crippen LogP contribution is 2.35. The van der Waals surface area contributed by atoms with Crippen LogP contribution in [0.1, 0.15) is 13.3 Å². The molecular formula is C18H23NO3S. The largest absolute Gasteiger partial charge is 0.487 e. The summed E-state index contributed by atoms with van der Waals surface area (Å²) < 4.78 is 17.9. The zero-order valence-electron chi connectivity index (χ0n) is 13.6. The molecule has 0 bridgehead atoms. The second-order valence-electron chi connectivity index (χ2n) is 5.78. The molecule has 0 aromatic heterocycles. The Bertz CT molecular complexity index is 573. The minimum absolute atomic E-state index is 0.106. The van der Waals surface area contributed by atoms with Crippen molar-refractivity contribution in [3.05, 3.63) is 35.2 Å². The smallest absolute Gasteiger partial charge is 0.179 e. The molecule has 4 nitrogen and oxygen atoms in total. The molecule has 2 heterocycles. The molecule has 0 spiro atoms. The highest BCUT2D eigenvalue weighted by Gasteiger charge is 2.33. The van der Waals surface area contributed by atoms with Crippen LogP contribution in [0.25, 0.3) is 0 Å². The van der Waals surface area contributed by atoms with Gasteiger partial charge in [0.2, 0.25) is 0 Å². The Labute approximate surface area is 142 Å². The standard InChI is InChI=1S/C18H23NO3S/c1-13-8-12-23-18(13)16(7-9-19-2)22-15-6-4-3-5-14-17(15)21-11-10-20-14/h3,5,8,12-13,15-16,18-19H,7,9-11H2,1-2H3. The minimum atomic E-state index is -0.365. The molecule has 23 heavy (non-hydrogen) atoms. The molecule has 1 N–H and O–H groups in total. The normalized spacial score (nSPS) is 29.9. The van der Waals surface area contributed by atoms with E-state index in [0.29, 0.717) is 24.4 Å². The zero-order chi connectivity index (χ0) is 16.1. The lowest BCUT2D eigenvalue weighted by atomic mass is 10.0. The molecule has 4 atom stereocenters.